The maximum Gasteiger partial charge on any atom is 0.235 e. The van der Waals surface area contributed by atoms with Crippen LogP contribution in [-0.4, -0.2) is 33.2 Å². The fraction of sp³-hybridized carbons (Fsp3) is 0.409. The van der Waals surface area contributed by atoms with Crippen molar-refractivity contribution in [1.29, 1.82) is 0 Å². The number of nitrogens with one attached hydrogen (secondary N) is 1. The van der Waals surface area contributed by atoms with Gasteiger partial charge in [-0.15, -0.1) is 0 Å². The molecule has 0 fully saturated rings. The summed E-state index contributed by atoms with van der Waals surface area (Å²) < 4.78 is 32.0. The Balaban J connectivity index is 1.68. The summed E-state index contributed by atoms with van der Waals surface area (Å²) in [6, 6.07) is 12.9. The number of hydrogen-bond acceptors (Lipinski definition) is 4. The predicted octanol–water partition coefficient (Wildman–Crippen LogP) is 3.76. The second kappa shape index (κ2) is 9.31. The lowest BCUT2D eigenvalue weighted by Crippen LogP contribution is -2.37. The fourth-order valence-corrected chi connectivity index (χ4v) is 5.18. The van der Waals surface area contributed by atoms with Crippen LogP contribution in [0.15, 0.2) is 42.5 Å². The Labute approximate surface area is 172 Å². The van der Waals surface area contributed by atoms with E-state index in [-0.39, 0.29) is 18.1 Å². The van der Waals surface area contributed by atoms with Crippen LogP contribution in [0, 0.1) is 0 Å². The first-order valence-electron chi connectivity index (χ1n) is 10.1. The van der Waals surface area contributed by atoms with E-state index < -0.39 is 10.0 Å². The van der Waals surface area contributed by atoms with Crippen molar-refractivity contribution in [2.24, 2.45) is 0 Å². The van der Waals surface area contributed by atoms with Gasteiger partial charge in [0, 0.05) is 12.2 Å². The highest BCUT2D eigenvalue weighted by molar-refractivity contribution is 7.92. The molecule has 0 bridgehead atoms. The summed E-state index contributed by atoms with van der Waals surface area (Å²) in [5.74, 6) is 0.821. The standard InChI is InChI=1S/C22H28N2O4S/c1-3-14-29(26,27)24-13-5-6-18-16-19(9-12-21(18)24)23-22(25)15-17-7-10-20(11-8-17)28-4-2/h7-12,16H,3-6,13-15H2,1-2H3,(H,23,25). The molecule has 2 aromatic carbocycles. The van der Waals surface area contributed by atoms with Gasteiger partial charge in [0.1, 0.15) is 5.75 Å². The lowest BCUT2D eigenvalue weighted by Gasteiger charge is -2.30. The monoisotopic (exact) mass is 416 g/mol. The minimum absolute atomic E-state index is 0.111. The van der Waals surface area contributed by atoms with Crippen LogP contribution in [0.3, 0.4) is 0 Å². The van der Waals surface area contributed by atoms with E-state index in [1.165, 1.54) is 4.31 Å². The van der Waals surface area contributed by atoms with E-state index in [0.29, 0.717) is 25.3 Å². The number of aryl methyl sites for hydroxylation is 1. The summed E-state index contributed by atoms with van der Waals surface area (Å²) in [6.07, 6.45) is 2.43. The number of rotatable bonds is 8. The predicted molar refractivity (Wildman–Crippen MR) is 116 cm³/mol. The fourth-order valence-electron chi connectivity index (χ4n) is 3.56. The molecule has 0 saturated heterocycles. The molecule has 3 rings (SSSR count). The summed E-state index contributed by atoms with van der Waals surface area (Å²) in [6.45, 7) is 4.91. The summed E-state index contributed by atoms with van der Waals surface area (Å²) in [5.41, 5.74) is 3.28. The Morgan fingerprint density at radius 1 is 1.14 bits per heavy atom. The van der Waals surface area contributed by atoms with Crippen molar-refractivity contribution in [2.75, 3.05) is 28.5 Å². The van der Waals surface area contributed by atoms with Gasteiger partial charge in [-0.25, -0.2) is 8.42 Å². The molecule has 2 aromatic rings. The number of amides is 1. The summed E-state index contributed by atoms with van der Waals surface area (Å²) in [5, 5.41) is 2.92. The molecular formula is C22H28N2O4S. The van der Waals surface area contributed by atoms with Crippen LogP contribution in [0.2, 0.25) is 0 Å². The van der Waals surface area contributed by atoms with Gasteiger partial charge >= 0.3 is 0 Å². The van der Waals surface area contributed by atoms with E-state index in [9.17, 15) is 13.2 Å². The third-order valence-electron chi connectivity index (χ3n) is 4.84. The molecular weight excluding hydrogens is 388 g/mol. The van der Waals surface area contributed by atoms with E-state index in [4.69, 9.17) is 4.74 Å². The van der Waals surface area contributed by atoms with Crippen LogP contribution in [-0.2, 0) is 27.7 Å². The number of carbonyl (C=O) groups is 1. The molecule has 7 heteroatoms. The molecule has 1 aliphatic rings. The van der Waals surface area contributed by atoms with Gasteiger partial charge < -0.3 is 10.1 Å². The average molecular weight is 417 g/mol. The number of fused-ring (bicyclic) bond motifs is 1. The van der Waals surface area contributed by atoms with Gasteiger partial charge in [-0.1, -0.05) is 19.1 Å². The zero-order valence-corrected chi connectivity index (χ0v) is 17.8. The number of hydrogen-bond donors (Lipinski definition) is 1. The third kappa shape index (κ3) is 5.29. The zero-order valence-electron chi connectivity index (χ0n) is 17.0. The van der Waals surface area contributed by atoms with Gasteiger partial charge in [-0.05, 0) is 67.6 Å². The van der Waals surface area contributed by atoms with Crippen molar-refractivity contribution < 1.29 is 17.9 Å². The number of ether oxygens (including phenoxy) is 1. The first-order valence-corrected chi connectivity index (χ1v) is 11.7. The largest absolute Gasteiger partial charge is 0.494 e. The van der Waals surface area contributed by atoms with Gasteiger partial charge in [-0.2, -0.15) is 0 Å². The van der Waals surface area contributed by atoms with Gasteiger partial charge in [0.05, 0.1) is 24.5 Å². The van der Waals surface area contributed by atoms with Crippen molar-refractivity contribution in [1.82, 2.24) is 0 Å². The Morgan fingerprint density at radius 2 is 1.90 bits per heavy atom. The SMILES string of the molecule is CCCS(=O)(=O)N1CCCc2cc(NC(=O)Cc3ccc(OCC)cc3)ccc21. The lowest BCUT2D eigenvalue weighted by atomic mass is 10.0. The Hall–Kier alpha value is -2.54. The van der Waals surface area contributed by atoms with Crippen molar-refractivity contribution in [3.63, 3.8) is 0 Å². The maximum absolute atomic E-state index is 12.5. The molecule has 0 unspecified atom stereocenters. The minimum Gasteiger partial charge on any atom is -0.494 e. The van der Waals surface area contributed by atoms with Crippen molar-refractivity contribution in [2.45, 2.75) is 39.5 Å². The highest BCUT2D eigenvalue weighted by Crippen LogP contribution is 2.32. The van der Waals surface area contributed by atoms with Crippen LogP contribution in [0.1, 0.15) is 37.8 Å². The zero-order chi connectivity index (χ0) is 20.9. The van der Waals surface area contributed by atoms with Crippen molar-refractivity contribution in [3.05, 3.63) is 53.6 Å². The topological polar surface area (TPSA) is 75.7 Å². The molecule has 0 aromatic heterocycles. The molecule has 1 N–H and O–H groups in total. The molecule has 0 saturated carbocycles. The van der Waals surface area contributed by atoms with E-state index in [2.05, 4.69) is 5.32 Å². The van der Waals surface area contributed by atoms with Crippen LogP contribution in [0.25, 0.3) is 0 Å². The van der Waals surface area contributed by atoms with Crippen LogP contribution in [0.4, 0.5) is 11.4 Å². The summed E-state index contributed by atoms with van der Waals surface area (Å²) in [4.78, 5) is 12.4. The molecule has 1 amide bonds. The van der Waals surface area contributed by atoms with E-state index >= 15 is 0 Å². The maximum atomic E-state index is 12.5. The number of carbonyl (C=O) groups excluding carboxylic acids is 1. The molecule has 156 valence electrons. The Morgan fingerprint density at radius 3 is 2.59 bits per heavy atom. The third-order valence-corrected chi connectivity index (χ3v) is 6.81. The molecule has 6 nitrogen and oxygen atoms in total. The van der Waals surface area contributed by atoms with Gasteiger partial charge in [0.2, 0.25) is 15.9 Å². The van der Waals surface area contributed by atoms with Gasteiger partial charge in [0.25, 0.3) is 0 Å². The molecule has 0 spiro atoms. The smallest absolute Gasteiger partial charge is 0.235 e. The number of anilines is 2. The average Bonchev–Trinajstić information content (AvgIpc) is 2.69. The summed E-state index contributed by atoms with van der Waals surface area (Å²) >= 11 is 0. The lowest BCUT2D eigenvalue weighted by molar-refractivity contribution is -0.115. The second-order valence-corrected chi connectivity index (χ2v) is 9.15. The highest BCUT2D eigenvalue weighted by Gasteiger charge is 2.26. The van der Waals surface area contributed by atoms with Crippen LogP contribution < -0.4 is 14.4 Å². The number of sulfonamides is 1. The van der Waals surface area contributed by atoms with E-state index in [1.54, 1.807) is 12.1 Å². The summed E-state index contributed by atoms with van der Waals surface area (Å²) in [7, 11) is -3.30. The molecule has 0 aliphatic carbocycles. The first kappa shape index (κ1) is 21.2. The molecule has 29 heavy (non-hydrogen) atoms. The number of nitrogens with zero attached hydrogens (tertiary/aromatic N) is 1. The highest BCUT2D eigenvalue weighted by atomic mass is 32.2. The van der Waals surface area contributed by atoms with Gasteiger partial charge in [0.15, 0.2) is 0 Å². The van der Waals surface area contributed by atoms with Crippen molar-refractivity contribution >= 4 is 27.3 Å². The Bertz CT molecular complexity index is 955. The quantitative estimate of drug-likeness (QED) is 0.711. The Kier molecular flexibility index (Phi) is 6.79. The van der Waals surface area contributed by atoms with E-state index in [0.717, 1.165) is 35.4 Å². The van der Waals surface area contributed by atoms with Crippen LogP contribution in [0.5, 0.6) is 5.75 Å². The molecule has 1 heterocycles. The number of benzene rings is 2. The van der Waals surface area contributed by atoms with Crippen molar-refractivity contribution in [3.8, 4) is 5.75 Å². The molecule has 0 radical (unpaired) electrons. The molecule has 1 aliphatic heterocycles. The first-order chi connectivity index (χ1) is 13.9. The second-order valence-electron chi connectivity index (χ2n) is 7.14. The van der Waals surface area contributed by atoms with E-state index in [1.807, 2.05) is 44.2 Å². The minimum atomic E-state index is -3.30. The van der Waals surface area contributed by atoms with Crippen LogP contribution >= 0.6 is 0 Å². The normalized spacial score (nSPS) is 13.7. The van der Waals surface area contributed by atoms with Gasteiger partial charge in [-0.3, -0.25) is 9.10 Å². The molecule has 0 atom stereocenters.